The minimum absolute atomic E-state index is 0.0258. The third kappa shape index (κ3) is 11.6. The molecule has 3 amide bonds. The van der Waals surface area contributed by atoms with E-state index in [0.29, 0.717) is 44.9 Å². The number of ether oxygens (including phenoxy) is 3. The molecule has 1 saturated heterocycles. The van der Waals surface area contributed by atoms with Gasteiger partial charge >= 0.3 is 5.63 Å². The molecule has 4 fully saturated rings. The molecule has 4 aliphatic carbocycles. The van der Waals surface area contributed by atoms with E-state index in [1.807, 2.05) is 19.9 Å². The fourth-order valence-electron chi connectivity index (χ4n) is 11.0. The lowest BCUT2D eigenvalue weighted by Crippen LogP contribution is -2.60. The Kier molecular flexibility index (Phi) is 17.0. The number of hydrogen-bond donors (Lipinski definition) is 5. The number of aldehydes is 1. The lowest BCUT2D eigenvalue weighted by molar-refractivity contribution is -0.261. The number of carbonyl (C=O) groups is 4. The van der Waals surface area contributed by atoms with Crippen LogP contribution < -0.4 is 16.3 Å². The van der Waals surface area contributed by atoms with Gasteiger partial charge in [-0.1, -0.05) is 60.1 Å². The Morgan fingerprint density at radius 3 is 2.39 bits per heavy atom. The molecule has 0 radical (unpaired) electrons. The van der Waals surface area contributed by atoms with E-state index in [2.05, 4.69) is 51.3 Å². The van der Waals surface area contributed by atoms with Crippen molar-refractivity contribution in [3.05, 3.63) is 58.2 Å². The molecule has 1 aromatic rings. The first-order valence-electron chi connectivity index (χ1n) is 23.2. The van der Waals surface area contributed by atoms with Crippen LogP contribution in [0.2, 0.25) is 0 Å². The maximum atomic E-state index is 12.4. The molecule has 1 aliphatic heterocycles. The maximum Gasteiger partial charge on any atom is 0.335 e. The average molecular weight is 898 g/mol. The van der Waals surface area contributed by atoms with E-state index >= 15 is 0 Å². The summed E-state index contributed by atoms with van der Waals surface area (Å²) in [6.07, 6.45) is 11.9. The number of amides is 3. The molecule has 15 nitrogen and oxygen atoms in total. The van der Waals surface area contributed by atoms with Gasteiger partial charge in [0.25, 0.3) is 0 Å². The number of likely N-dealkylation sites (N-methyl/N-ethyl adjacent to an activating group) is 1. The normalized spacial score (nSPS) is 33.6. The highest BCUT2D eigenvalue weighted by molar-refractivity contribution is 5.91. The third-order valence-corrected chi connectivity index (χ3v) is 15.5. The van der Waals surface area contributed by atoms with Crippen LogP contribution in [0.5, 0.6) is 0 Å². The van der Waals surface area contributed by atoms with Crippen molar-refractivity contribution in [1.82, 2.24) is 15.5 Å². The van der Waals surface area contributed by atoms with E-state index in [0.717, 1.165) is 69.4 Å². The summed E-state index contributed by atoms with van der Waals surface area (Å²) in [5.74, 6) is 0.336. The van der Waals surface area contributed by atoms with Gasteiger partial charge in [-0.25, -0.2) is 4.79 Å². The SMILES string of the molecule is CC12CCC(OC3OCC(NC=O)C(O)C3O)C=C1CCC1C2CCC2(C)C(c3ccc(=O)oc3)CCC12O.CCC(C)(C)COCC(C)(C)CNC(=O)CCN(C)C(=O)/C=C\C=O. The number of nitrogens with zero attached hydrogens (tertiary/aromatic N) is 1. The quantitative estimate of drug-likeness (QED) is 0.0827. The minimum atomic E-state index is -1.25. The Morgan fingerprint density at radius 1 is 0.984 bits per heavy atom. The first kappa shape index (κ1) is 51.3. The lowest BCUT2D eigenvalue weighted by Gasteiger charge is -2.62. The number of aliphatic hydroxyl groups excluding tert-OH is 2. The van der Waals surface area contributed by atoms with E-state index in [9.17, 15) is 39.3 Å². The second kappa shape index (κ2) is 21.3. The molecule has 5 aliphatic rings. The van der Waals surface area contributed by atoms with E-state index < -0.39 is 30.1 Å². The van der Waals surface area contributed by atoms with Gasteiger partial charge in [-0.2, -0.15) is 0 Å². The second-order valence-corrected chi connectivity index (χ2v) is 21.0. The average Bonchev–Trinajstić information content (AvgIpc) is 3.54. The highest BCUT2D eigenvalue weighted by Gasteiger charge is 2.66. The van der Waals surface area contributed by atoms with Gasteiger partial charge in [0.1, 0.15) is 18.5 Å². The van der Waals surface area contributed by atoms with Crippen molar-refractivity contribution in [2.75, 3.05) is 40.0 Å². The summed E-state index contributed by atoms with van der Waals surface area (Å²) < 4.78 is 22.8. The van der Waals surface area contributed by atoms with Crippen LogP contribution in [0, 0.1) is 33.5 Å². The number of carbonyl (C=O) groups excluding carboxylic acids is 4. The minimum Gasteiger partial charge on any atom is -0.431 e. The molecule has 11 unspecified atom stereocenters. The van der Waals surface area contributed by atoms with Gasteiger partial charge < -0.3 is 49.5 Å². The predicted octanol–water partition coefficient (Wildman–Crippen LogP) is 4.56. The smallest absolute Gasteiger partial charge is 0.335 e. The van der Waals surface area contributed by atoms with Crippen LogP contribution in [-0.4, -0.2) is 121 Å². The van der Waals surface area contributed by atoms with Crippen LogP contribution in [-0.2, 0) is 33.4 Å². The summed E-state index contributed by atoms with van der Waals surface area (Å²) in [6, 6.07) is 2.69. The van der Waals surface area contributed by atoms with Crippen LogP contribution >= 0.6 is 0 Å². The Bertz CT molecular complexity index is 1880. The monoisotopic (exact) mass is 898 g/mol. The summed E-state index contributed by atoms with van der Waals surface area (Å²) in [6.45, 7) is 17.3. The molecule has 6 rings (SSSR count). The number of aliphatic hydroxyl groups is 3. The van der Waals surface area contributed by atoms with Crippen molar-refractivity contribution in [2.45, 2.75) is 155 Å². The number of hydrogen-bond acceptors (Lipinski definition) is 12. The molecule has 64 heavy (non-hydrogen) atoms. The van der Waals surface area contributed by atoms with Crippen LogP contribution in [0.25, 0.3) is 0 Å². The number of rotatable bonds is 17. The molecule has 11 atom stereocenters. The van der Waals surface area contributed by atoms with Crippen molar-refractivity contribution in [3.63, 3.8) is 0 Å². The molecule has 0 spiro atoms. The van der Waals surface area contributed by atoms with Gasteiger partial charge in [0, 0.05) is 49.5 Å². The highest BCUT2D eigenvalue weighted by Crippen LogP contribution is 2.70. The van der Waals surface area contributed by atoms with Gasteiger partial charge in [-0.3, -0.25) is 19.2 Å². The maximum absolute atomic E-state index is 12.4. The van der Waals surface area contributed by atoms with Gasteiger partial charge in [0.2, 0.25) is 18.2 Å². The van der Waals surface area contributed by atoms with Gasteiger partial charge in [-0.05, 0) is 104 Å². The molecule has 15 heteroatoms. The zero-order valence-corrected chi connectivity index (χ0v) is 39.3. The summed E-state index contributed by atoms with van der Waals surface area (Å²) in [4.78, 5) is 57.4. The topological polar surface area (TPSA) is 214 Å². The van der Waals surface area contributed by atoms with E-state index in [4.69, 9.17) is 18.6 Å². The molecule has 0 aromatic carbocycles. The Balaban J connectivity index is 0.000000269. The lowest BCUT2D eigenvalue weighted by atomic mass is 9.45. The van der Waals surface area contributed by atoms with E-state index in [1.165, 1.54) is 22.6 Å². The van der Waals surface area contributed by atoms with Crippen LogP contribution in [0.1, 0.15) is 124 Å². The number of allylic oxidation sites excluding steroid dienone is 2. The van der Waals surface area contributed by atoms with Gasteiger partial charge in [0.15, 0.2) is 6.29 Å². The zero-order valence-electron chi connectivity index (χ0n) is 39.3. The summed E-state index contributed by atoms with van der Waals surface area (Å²) in [7, 11) is 1.60. The molecular weight excluding hydrogens is 823 g/mol. The first-order chi connectivity index (χ1) is 30.1. The fourth-order valence-corrected chi connectivity index (χ4v) is 11.0. The molecule has 5 N–H and O–H groups in total. The standard InChI is InChI=1S/C30H41NO8.C19H34N2O4/c1-28-10-7-19(39-27-26(35)25(34)23(15-38-27)31-16-32)13-18(28)4-5-22-21(28)8-11-29(2)20(9-12-30(22,29)36)17-3-6-24(33)37-14-17;1-7-18(2,3)14-25-15-19(4,5)13-20-16(23)10-11-21(6)17(24)9-8-12-22/h3,6,13-14,16,19-23,25-27,34-36H,4-5,7-12,15H2,1-2H3,(H,31,32);8-9,12H,7,10-11,13-15H2,1-6H3,(H,20,23)/b;9-8-. The molecule has 0 bridgehead atoms. The second-order valence-electron chi connectivity index (χ2n) is 21.0. The molecule has 1 aromatic heterocycles. The highest BCUT2D eigenvalue weighted by atomic mass is 16.7. The van der Waals surface area contributed by atoms with Crippen molar-refractivity contribution in [2.24, 2.45) is 33.5 Å². The molecule has 358 valence electrons. The Hall–Kier alpha value is -3.73. The Labute approximate surface area is 378 Å². The zero-order chi connectivity index (χ0) is 47.1. The number of nitrogens with one attached hydrogen (secondary N) is 2. The van der Waals surface area contributed by atoms with Gasteiger partial charge in [-0.15, -0.1) is 0 Å². The van der Waals surface area contributed by atoms with Crippen molar-refractivity contribution >= 4 is 24.5 Å². The molecule has 3 saturated carbocycles. The number of fused-ring (bicyclic) bond motifs is 5. The van der Waals surface area contributed by atoms with Crippen LogP contribution in [0.3, 0.4) is 0 Å². The van der Waals surface area contributed by atoms with Crippen molar-refractivity contribution < 1.29 is 53.1 Å². The van der Waals surface area contributed by atoms with Crippen molar-refractivity contribution in [3.8, 4) is 0 Å². The van der Waals surface area contributed by atoms with E-state index in [1.54, 1.807) is 13.3 Å². The van der Waals surface area contributed by atoms with Gasteiger partial charge in [0.05, 0.1) is 43.8 Å². The fraction of sp³-hybridized carbons (Fsp3) is 0.735. The molecular formula is C49H75N3O12. The van der Waals surface area contributed by atoms with Crippen LogP contribution in [0.15, 0.2) is 51.4 Å². The summed E-state index contributed by atoms with van der Waals surface area (Å²) in [5.41, 5.74) is 0.971. The summed E-state index contributed by atoms with van der Waals surface area (Å²) in [5, 5.41) is 38.7. The largest absolute Gasteiger partial charge is 0.431 e. The Morgan fingerprint density at radius 2 is 1.72 bits per heavy atom. The summed E-state index contributed by atoms with van der Waals surface area (Å²) >= 11 is 0. The molecule has 2 heterocycles. The van der Waals surface area contributed by atoms with Crippen molar-refractivity contribution in [1.29, 1.82) is 0 Å². The predicted molar refractivity (Wildman–Crippen MR) is 240 cm³/mol. The van der Waals surface area contributed by atoms with E-state index in [-0.39, 0.29) is 70.1 Å². The first-order valence-corrected chi connectivity index (χ1v) is 23.2. The van der Waals surface area contributed by atoms with Crippen LogP contribution in [0.4, 0.5) is 0 Å². The third-order valence-electron chi connectivity index (χ3n) is 15.5.